The summed E-state index contributed by atoms with van der Waals surface area (Å²) in [5.74, 6) is -1.87. The first kappa shape index (κ1) is 25.8. The molecule has 2 fully saturated rings. The first-order chi connectivity index (χ1) is 16.1. The molecule has 35 heavy (non-hydrogen) atoms. The van der Waals surface area contributed by atoms with E-state index in [9.17, 15) is 35.5 Å². The number of nitrogens with zero attached hydrogens (tertiary/aromatic N) is 1. The van der Waals surface area contributed by atoms with Crippen molar-refractivity contribution in [3.63, 3.8) is 0 Å². The second-order valence-electron chi connectivity index (χ2n) is 8.46. The number of fused-ring (bicyclic) bond motifs is 3. The molecule has 1 aliphatic carbocycles. The second-order valence-corrected chi connectivity index (χ2v) is 9.28. The molecule has 2 saturated heterocycles. The molecule has 0 radical (unpaired) electrons. The normalized spacial score (nSPS) is 23.3. The predicted molar refractivity (Wildman–Crippen MR) is 112 cm³/mol. The van der Waals surface area contributed by atoms with Crippen LogP contribution in [0, 0.1) is 5.82 Å². The van der Waals surface area contributed by atoms with Crippen molar-refractivity contribution in [3.8, 4) is 0 Å². The van der Waals surface area contributed by atoms with Crippen LogP contribution in [0.2, 0.25) is 10.0 Å². The Morgan fingerprint density at radius 3 is 2.29 bits per heavy atom. The Kier molecular flexibility index (Phi) is 6.21. The van der Waals surface area contributed by atoms with Gasteiger partial charge in [-0.3, -0.25) is 4.79 Å². The molecule has 1 amide bonds. The maximum Gasteiger partial charge on any atom is 0.416 e. The molecule has 1 aromatic rings. The van der Waals surface area contributed by atoms with Crippen molar-refractivity contribution in [2.45, 2.75) is 36.9 Å². The zero-order valence-corrected chi connectivity index (χ0v) is 19.3. The van der Waals surface area contributed by atoms with Crippen molar-refractivity contribution in [3.05, 3.63) is 63.1 Å². The van der Waals surface area contributed by atoms with Crippen LogP contribution in [-0.4, -0.2) is 54.1 Å². The van der Waals surface area contributed by atoms with Crippen LogP contribution in [0.4, 0.5) is 30.7 Å². The van der Waals surface area contributed by atoms with Crippen LogP contribution in [0.5, 0.6) is 0 Å². The maximum absolute atomic E-state index is 13.7. The van der Waals surface area contributed by atoms with Gasteiger partial charge in [-0.1, -0.05) is 29.3 Å². The van der Waals surface area contributed by atoms with Crippen molar-refractivity contribution in [1.29, 1.82) is 0 Å². The summed E-state index contributed by atoms with van der Waals surface area (Å²) in [7, 11) is 0. The Balaban J connectivity index is 1.49. The molecular formula is C22H16Cl2F7NO3. The van der Waals surface area contributed by atoms with Crippen molar-refractivity contribution >= 4 is 34.7 Å². The highest BCUT2D eigenvalue weighted by Gasteiger charge is 2.64. The molecule has 2 heterocycles. The van der Waals surface area contributed by atoms with Crippen LogP contribution >= 0.6 is 23.2 Å². The van der Waals surface area contributed by atoms with E-state index in [0.717, 1.165) is 23.1 Å². The Morgan fingerprint density at radius 1 is 1.14 bits per heavy atom. The summed E-state index contributed by atoms with van der Waals surface area (Å²) in [6, 6.07) is 1.60. The first-order valence-corrected chi connectivity index (χ1v) is 10.8. The number of hydrogen-bond acceptors (Lipinski definition) is 3. The number of carbonyl (C=O) groups excluding carboxylic acids is 1. The number of allylic oxidation sites excluding steroid dienone is 3. The molecule has 1 aromatic carbocycles. The smallest absolute Gasteiger partial charge is 0.416 e. The van der Waals surface area contributed by atoms with Crippen molar-refractivity contribution in [2.75, 3.05) is 19.7 Å². The van der Waals surface area contributed by atoms with E-state index in [1.165, 1.54) is 0 Å². The third-order valence-electron chi connectivity index (χ3n) is 6.04. The molecule has 190 valence electrons. The van der Waals surface area contributed by atoms with Gasteiger partial charge >= 0.3 is 12.4 Å². The number of benzene rings is 1. The van der Waals surface area contributed by atoms with Crippen molar-refractivity contribution in [1.82, 2.24) is 4.90 Å². The summed E-state index contributed by atoms with van der Waals surface area (Å²) in [6.07, 6.45) is -7.16. The van der Waals surface area contributed by atoms with Gasteiger partial charge in [-0.2, -0.15) is 26.3 Å². The summed E-state index contributed by atoms with van der Waals surface area (Å²) in [5, 5.41) is -1.16. The van der Waals surface area contributed by atoms with E-state index in [4.69, 9.17) is 32.7 Å². The van der Waals surface area contributed by atoms with E-state index in [1.54, 1.807) is 19.1 Å². The molecule has 1 spiro atoms. The van der Waals surface area contributed by atoms with Gasteiger partial charge in [-0.05, 0) is 36.8 Å². The third kappa shape index (κ3) is 4.65. The number of alkyl halides is 6. The van der Waals surface area contributed by atoms with E-state index in [1.807, 2.05) is 0 Å². The minimum Gasteiger partial charge on any atom is -0.480 e. The average Bonchev–Trinajstić information content (AvgIpc) is 3.13. The highest BCUT2D eigenvalue weighted by atomic mass is 35.5. The summed E-state index contributed by atoms with van der Waals surface area (Å²) >= 11 is 11.3. The fourth-order valence-electron chi connectivity index (χ4n) is 4.41. The minimum absolute atomic E-state index is 0.139. The van der Waals surface area contributed by atoms with Crippen LogP contribution < -0.4 is 0 Å². The number of likely N-dealkylation sites (tertiary alicyclic amines) is 1. The van der Waals surface area contributed by atoms with Crippen LogP contribution in [0.15, 0.2) is 41.7 Å². The quantitative estimate of drug-likeness (QED) is 0.324. The third-order valence-corrected chi connectivity index (χ3v) is 6.59. The molecule has 0 aromatic heterocycles. The maximum atomic E-state index is 13.7. The van der Waals surface area contributed by atoms with Gasteiger partial charge in [0.25, 0.3) is 0 Å². The summed E-state index contributed by atoms with van der Waals surface area (Å²) in [5.41, 5.74) is -3.48. The van der Waals surface area contributed by atoms with E-state index >= 15 is 0 Å². The average molecular weight is 546 g/mol. The topological polar surface area (TPSA) is 38.8 Å². The van der Waals surface area contributed by atoms with Gasteiger partial charge in [-0.15, -0.1) is 0 Å². The Bertz CT molecular complexity index is 1140. The predicted octanol–water partition coefficient (Wildman–Crippen LogP) is 6.24. The summed E-state index contributed by atoms with van der Waals surface area (Å²) in [4.78, 5) is 12.8. The van der Waals surface area contributed by atoms with Crippen molar-refractivity contribution < 1.29 is 45.0 Å². The van der Waals surface area contributed by atoms with E-state index in [0.29, 0.717) is 5.57 Å². The number of carbonyl (C=O) groups is 1. The van der Waals surface area contributed by atoms with Gasteiger partial charge in [0, 0.05) is 5.57 Å². The summed E-state index contributed by atoms with van der Waals surface area (Å²) in [6.45, 7) is 0.725. The fraction of sp³-hybridized carbons (Fsp3) is 0.409. The van der Waals surface area contributed by atoms with Crippen molar-refractivity contribution in [2.24, 2.45) is 0 Å². The molecule has 2 bridgehead atoms. The fourth-order valence-corrected chi connectivity index (χ4v) is 4.89. The Hall–Kier alpha value is -2.24. The molecular weight excluding hydrogens is 530 g/mol. The van der Waals surface area contributed by atoms with Gasteiger partial charge in [-0.25, -0.2) is 4.39 Å². The lowest BCUT2D eigenvalue weighted by Gasteiger charge is -2.48. The highest BCUT2D eigenvalue weighted by Crippen LogP contribution is 2.55. The zero-order chi connectivity index (χ0) is 26.0. The SMILES string of the molecule is CC1(OC/C=C(/c2cc(Cl)c(F)c(Cl)c2)C(F)(F)F)C2=CC=C1C1(CN(C(=O)CC(F)(F)F)C1)O2. The Morgan fingerprint density at radius 2 is 1.74 bits per heavy atom. The minimum atomic E-state index is -4.84. The van der Waals surface area contributed by atoms with E-state index in [2.05, 4.69) is 0 Å². The lowest BCUT2D eigenvalue weighted by atomic mass is 9.80. The van der Waals surface area contributed by atoms with E-state index in [-0.39, 0.29) is 18.8 Å². The van der Waals surface area contributed by atoms with E-state index < -0.39 is 69.5 Å². The molecule has 0 saturated carbocycles. The van der Waals surface area contributed by atoms with Crippen LogP contribution in [-0.2, 0) is 14.3 Å². The first-order valence-electron chi connectivity index (χ1n) is 10.1. The number of hydrogen-bond donors (Lipinski definition) is 0. The van der Waals surface area contributed by atoms with Gasteiger partial charge in [0.1, 0.15) is 17.8 Å². The largest absolute Gasteiger partial charge is 0.480 e. The molecule has 0 N–H and O–H groups in total. The number of rotatable bonds is 5. The van der Waals surface area contributed by atoms with Gasteiger partial charge in [0.05, 0.1) is 35.3 Å². The Labute approximate surface area is 204 Å². The second kappa shape index (κ2) is 8.41. The number of halogens is 9. The standard InChI is InChI=1S/C22H16Cl2F7NO3/c1-19(34-5-4-12(22(29,30)31)11-6-13(23)18(25)14(24)7-11)15-2-3-16(19)35-20(15)9-32(10-20)17(33)8-21(26,27)28/h2-4,6-7H,5,8-10H2,1H3/b12-4-. The molecule has 4 rings (SSSR count). The molecule has 1 atom stereocenters. The van der Waals surface area contributed by atoms with Gasteiger partial charge in [0.15, 0.2) is 11.4 Å². The van der Waals surface area contributed by atoms with Crippen LogP contribution in [0.3, 0.4) is 0 Å². The lowest BCUT2D eigenvalue weighted by Crippen LogP contribution is -2.65. The van der Waals surface area contributed by atoms with Crippen LogP contribution in [0.1, 0.15) is 18.9 Å². The molecule has 13 heteroatoms. The van der Waals surface area contributed by atoms with Gasteiger partial charge in [0.2, 0.25) is 5.91 Å². The molecule has 3 aliphatic rings. The summed E-state index contributed by atoms with van der Waals surface area (Å²) < 4.78 is 104. The number of amides is 1. The zero-order valence-electron chi connectivity index (χ0n) is 17.8. The van der Waals surface area contributed by atoms with Gasteiger partial charge < -0.3 is 14.4 Å². The molecule has 4 nitrogen and oxygen atoms in total. The monoisotopic (exact) mass is 545 g/mol. The highest BCUT2D eigenvalue weighted by molar-refractivity contribution is 6.35. The van der Waals surface area contributed by atoms with Crippen LogP contribution in [0.25, 0.3) is 5.57 Å². The lowest BCUT2D eigenvalue weighted by molar-refractivity contribution is -0.173. The number of ether oxygens (including phenoxy) is 2. The molecule has 1 unspecified atom stereocenters. The molecule has 2 aliphatic heterocycles.